The van der Waals surface area contributed by atoms with Gasteiger partial charge >= 0.3 is 0 Å². The average molecular weight is 292 g/mol. The molecule has 1 aromatic carbocycles. The van der Waals surface area contributed by atoms with Crippen LogP contribution in [-0.4, -0.2) is 39.8 Å². The van der Waals surface area contributed by atoms with Crippen LogP contribution in [0.1, 0.15) is 5.56 Å². The predicted molar refractivity (Wildman–Crippen MR) is 73.7 cm³/mol. The zero-order chi connectivity index (χ0) is 15.0. The van der Waals surface area contributed by atoms with Crippen LogP contribution in [0, 0.1) is 10.1 Å². The Balaban J connectivity index is 2.46. The number of carbonyl (C=O) groups excluding carboxylic acids is 1. The quantitative estimate of drug-likeness (QED) is 0.345. The van der Waals surface area contributed by atoms with Gasteiger partial charge in [-0.2, -0.15) is 0 Å². The van der Waals surface area contributed by atoms with E-state index in [1.807, 2.05) is 0 Å². The summed E-state index contributed by atoms with van der Waals surface area (Å²) in [6.45, 7) is 0. The van der Waals surface area contributed by atoms with E-state index in [0.717, 1.165) is 12.1 Å². The van der Waals surface area contributed by atoms with Crippen molar-refractivity contribution < 1.29 is 14.8 Å². The van der Waals surface area contributed by atoms with E-state index in [2.05, 4.69) is 0 Å². The molecule has 20 heavy (non-hydrogen) atoms. The van der Waals surface area contributed by atoms with Crippen molar-refractivity contribution in [3.63, 3.8) is 0 Å². The fourth-order valence-corrected chi connectivity index (χ4v) is 1.99. The largest absolute Gasteiger partial charge is 0.868 e. The van der Waals surface area contributed by atoms with Gasteiger partial charge in [0.1, 0.15) is 5.70 Å². The van der Waals surface area contributed by atoms with Crippen LogP contribution in [-0.2, 0) is 4.79 Å². The highest BCUT2D eigenvalue weighted by molar-refractivity contribution is 7.80. The third-order valence-electron chi connectivity index (χ3n) is 2.94. The minimum Gasteiger partial charge on any atom is -0.868 e. The monoisotopic (exact) mass is 292 g/mol. The summed E-state index contributed by atoms with van der Waals surface area (Å²) in [6.07, 6.45) is 1.46. The molecule has 1 aliphatic heterocycles. The number of rotatable bonds is 2. The first kappa shape index (κ1) is 13.9. The average Bonchev–Trinajstić information content (AvgIpc) is 2.58. The Labute approximate surface area is 119 Å². The molecule has 1 fully saturated rings. The van der Waals surface area contributed by atoms with Crippen molar-refractivity contribution in [3.05, 3.63) is 39.6 Å². The molecule has 0 radical (unpaired) electrons. The lowest BCUT2D eigenvalue weighted by Gasteiger charge is -2.11. The Bertz CT molecular complexity index is 656. The molecule has 1 heterocycles. The molecule has 0 unspecified atom stereocenters. The summed E-state index contributed by atoms with van der Waals surface area (Å²) >= 11 is 5.05. The third kappa shape index (κ3) is 2.21. The molecule has 0 aromatic heterocycles. The highest BCUT2D eigenvalue weighted by Gasteiger charge is 2.32. The maximum Gasteiger partial charge on any atom is 0.276 e. The van der Waals surface area contributed by atoms with Crippen LogP contribution in [0.15, 0.2) is 23.9 Å². The molecule has 0 aliphatic carbocycles. The zero-order valence-electron chi connectivity index (χ0n) is 10.7. The molecular weight excluding hydrogens is 282 g/mol. The first-order valence-electron chi connectivity index (χ1n) is 5.56. The SMILES string of the molecule is CN1C(=O)/C(=C/c2ccc([O-])c([N+](=O)[O-])c2)N(C)C1=S. The second-order valence-electron chi connectivity index (χ2n) is 4.22. The minimum atomic E-state index is -0.749. The van der Waals surface area contributed by atoms with E-state index in [4.69, 9.17) is 12.2 Å². The second-order valence-corrected chi connectivity index (χ2v) is 4.58. The van der Waals surface area contributed by atoms with Gasteiger partial charge in [0.25, 0.3) is 11.6 Å². The molecule has 1 aromatic rings. The van der Waals surface area contributed by atoms with E-state index in [0.29, 0.717) is 16.4 Å². The summed E-state index contributed by atoms with van der Waals surface area (Å²) in [5, 5.41) is 22.4. The Kier molecular flexibility index (Phi) is 3.41. The number of nitro benzene ring substituents is 1. The molecule has 8 heteroatoms. The number of likely N-dealkylation sites (N-methyl/N-ethyl adjacent to an activating group) is 2. The Morgan fingerprint density at radius 3 is 2.45 bits per heavy atom. The van der Waals surface area contributed by atoms with Crippen LogP contribution in [0.5, 0.6) is 5.75 Å². The maximum atomic E-state index is 11.9. The van der Waals surface area contributed by atoms with E-state index in [9.17, 15) is 20.0 Å². The lowest BCUT2D eigenvalue weighted by Crippen LogP contribution is -2.26. The van der Waals surface area contributed by atoms with E-state index in [-0.39, 0.29) is 5.91 Å². The van der Waals surface area contributed by atoms with Gasteiger partial charge in [-0.3, -0.25) is 19.8 Å². The molecule has 104 valence electrons. The van der Waals surface area contributed by atoms with Crippen molar-refractivity contribution in [1.29, 1.82) is 0 Å². The van der Waals surface area contributed by atoms with E-state index in [1.165, 1.54) is 21.9 Å². The fraction of sp³-hybridized carbons (Fsp3) is 0.167. The molecule has 0 bridgehead atoms. The topological polar surface area (TPSA) is 89.8 Å². The van der Waals surface area contributed by atoms with Gasteiger partial charge in [0, 0.05) is 20.2 Å². The van der Waals surface area contributed by atoms with Gasteiger partial charge in [-0.25, -0.2) is 0 Å². The van der Waals surface area contributed by atoms with Crippen molar-refractivity contribution in [2.75, 3.05) is 14.1 Å². The van der Waals surface area contributed by atoms with Crippen molar-refractivity contribution in [3.8, 4) is 5.75 Å². The van der Waals surface area contributed by atoms with Gasteiger partial charge in [0.2, 0.25) is 0 Å². The Hall–Kier alpha value is -2.48. The van der Waals surface area contributed by atoms with Crippen molar-refractivity contribution in [2.24, 2.45) is 0 Å². The van der Waals surface area contributed by atoms with Gasteiger partial charge in [-0.1, -0.05) is 12.1 Å². The molecule has 7 nitrogen and oxygen atoms in total. The normalized spacial score (nSPS) is 17.2. The fourth-order valence-electron chi connectivity index (χ4n) is 1.81. The summed E-state index contributed by atoms with van der Waals surface area (Å²) in [5.41, 5.74) is 0.165. The zero-order valence-corrected chi connectivity index (χ0v) is 11.5. The van der Waals surface area contributed by atoms with Gasteiger partial charge in [-0.15, -0.1) is 0 Å². The molecule has 1 amide bonds. The van der Waals surface area contributed by atoms with E-state index < -0.39 is 16.4 Å². The van der Waals surface area contributed by atoms with Crippen LogP contribution in [0.3, 0.4) is 0 Å². The van der Waals surface area contributed by atoms with Crippen molar-refractivity contribution in [1.82, 2.24) is 9.80 Å². The molecule has 0 saturated carbocycles. The number of benzene rings is 1. The number of amides is 1. The molecule has 0 atom stereocenters. The van der Waals surface area contributed by atoms with Crippen molar-refractivity contribution in [2.45, 2.75) is 0 Å². The molecule has 2 rings (SSSR count). The number of thiocarbonyl (C=S) groups is 1. The summed E-state index contributed by atoms with van der Waals surface area (Å²) in [6, 6.07) is 3.66. The number of hydrogen-bond acceptors (Lipinski definition) is 5. The summed E-state index contributed by atoms with van der Waals surface area (Å²) < 4.78 is 0. The summed E-state index contributed by atoms with van der Waals surface area (Å²) in [7, 11) is 3.18. The Morgan fingerprint density at radius 1 is 1.30 bits per heavy atom. The van der Waals surface area contributed by atoms with Gasteiger partial charge in [0.15, 0.2) is 5.11 Å². The maximum absolute atomic E-state index is 11.9. The highest BCUT2D eigenvalue weighted by atomic mass is 32.1. The molecule has 0 spiro atoms. The minimum absolute atomic E-state index is 0.297. The Morgan fingerprint density at radius 2 is 1.95 bits per heavy atom. The highest BCUT2D eigenvalue weighted by Crippen LogP contribution is 2.27. The first-order chi connectivity index (χ1) is 9.32. The standard InChI is InChI=1S/C12H11N3O4S/c1-13-9(11(17)14(2)12(13)20)6-7-3-4-10(16)8(5-7)15(18)19/h3-6,16H,1-2H3/p-1/b9-6-. The molecular formula is C12H10N3O4S-. The number of nitro groups is 1. The second kappa shape index (κ2) is 4.89. The summed E-state index contributed by atoms with van der Waals surface area (Å²) in [4.78, 5) is 24.7. The lowest BCUT2D eigenvalue weighted by molar-refractivity contribution is -0.398. The summed E-state index contributed by atoms with van der Waals surface area (Å²) in [5.74, 6) is -0.970. The van der Waals surface area contributed by atoms with Gasteiger partial charge < -0.3 is 10.0 Å². The molecule has 1 saturated heterocycles. The number of carbonyl (C=O) groups is 1. The third-order valence-corrected chi connectivity index (χ3v) is 3.49. The lowest BCUT2D eigenvalue weighted by atomic mass is 10.1. The van der Waals surface area contributed by atoms with E-state index >= 15 is 0 Å². The van der Waals surface area contributed by atoms with Crippen LogP contribution in [0.25, 0.3) is 6.08 Å². The van der Waals surface area contributed by atoms with Gasteiger partial charge in [-0.05, 0) is 29.6 Å². The smallest absolute Gasteiger partial charge is 0.276 e. The van der Waals surface area contributed by atoms with Crippen LogP contribution in [0.4, 0.5) is 5.69 Å². The van der Waals surface area contributed by atoms with Crippen LogP contribution >= 0.6 is 12.2 Å². The molecule has 0 N–H and O–H groups in total. The molecule has 1 aliphatic rings. The van der Waals surface area contributed by atoms with Crippen LogP contribution < -0.4 is 5.11 Å². The number of hydrogen-bond donors (Lipinski definition) is 0. The first-order valence-corrected chi connectivity index (χ1v) is 5.96. The predicted octanol–water partition coefficient (Wildman–Crippen LogP) is 0.698. The van der Waals surface area contributed by atoms with Crippen LogP contribution in [0.2, 0.25) is 0 Å². The van der Waals surface area contributed by atoms with Crippen molar-refractivity contribution >= 4 is 35.0 Å². The number of nitrogens with zero attached hydrogens (tertiary/aromatic N) is 3. The van der Waals surface area contributed by atoms with E-state index in [1.54, 1.807) is 14.1 Å². The van der Waals surface area contributed by atoms with Gasteiger partial charge in [0.05, 0.1) is 4.92 Å².